The summed E-state index contributed by atoms with van der Waals surface area (Å²) >= 11 is 12.6. The Balaban J connectivity index is 1.58. The minimum absolute atomic E-state index is 0.00881. The number of benzene rings is 1. The molecule has 0 N–H and O–H groups in total. The average molecular weight is 515 g/mol. The summed E-state index contributed by atoms with van der Waals surface area (Å²) in [5, 5.41) is 1.42. The molecule has 0 atom stereocenters. The van der Waals surface area contributed by atoms with Crippen LogP contribution in [0.5, 0.6) is 0 Å². The molecule has 1 aliphatic rings. The third kappa shape index (κ3) is 5.00. The third-order valence-corrected chi connectivity index (χ3v) is 7.71. The predicted octanol–water partition coefficient (Wildman–Crippen LogP) is 5.45. The second-order valence-corrected chi connectivity index (χ2v) is 10.8. The molecular formula is C20H21BrClN3O2S2. The molecule has 9 heteroatoms. The van der Waals surface area contributed by atoms with E-state index < -0.39 is 0 Å². The number of nitrogens with zero attached hydrogens (tertiary/aromatic N) is 3. The molecule has 1 saturated heterocycles. The molecule has 0 spiro atoms. The first kappa shape index (κ1) is 21.2. The standard InChI is InChI=1S/C20H21BrClN3O2S2/c1-13-11-14(22)12-16-18(13)23-20(29-16)25(19(26)15-3-4-17(21)28-15)6-2-5-24-7-9-27-10-8-24/h3-4,11-12H,2,5-10H2,1H3. The van der Waals surface area contributed by atoms with Crippen LogP contribution in [0, 0.1) is 6.92 Å². The molecule has 154 valence electrons. The molecule has 3 aromatic rings. The maximum atomic E-state index is 13.3. The van der Waals surface area contributed by atoms with Crippen molar-refractivity contribution in [3.8, 4) is 0 Å². The Labute approximate surface area is 191 Å². The topological polar surface area (TPSA) is 45.7 Å². The van der Waals surface area contributed by atoms with Gasteiger partial charge in [-0.3, -0.25) is 14.6 Å². The Bertz CT molecular complexity index is 1020. The molecule has 1 aliphatic heterocycles. The first-order chi connectivity index (χ1) is 14.0. The number of hydrogen-bond donors (Lipinski definition) is 0. The van der Waals surface area contributed by atoms with E-state index in [9.17, 15) is 4.79 Å². The van der Waals surface area contributed by atoms with Gasteiger partial charge in [0.15, 0.2) is 5.13 Å². The molecule has 0 saturated carbocycles. The van der Waals surface area contributed by atoms with Gasteiger partial charge < -0.3 is 4.74 Å². The number of aromatic nitrogens is 1. The number of aryl methyl sites for hydroxylation is 1. The number of carbonyl (C=O) groups excluding carboxylic acids is 1. The summed E-state index contributed by atoms with van der Waals surface area (Å²) in [4.78, 5) is 23.0. The number of anilines is 1. The summed E-state index contributed by atoms with van der Waals surface area (Å²) in [6.45, 7) is 7.02. The highest BCUT2D eigenvalue weighted by Crippen LogP contribution is 2.34. The van der Waals surface area contributed by atoms with E-state index in [1.165, 1.54) is 22.7 Å². The molecular weight excluding hydrogens is 494 g/mol. The van der Waals surface area contributed by atoms with Gasteiger partial charge in [-0.1, -0.05) is 22.9 Å². The zero-order valence-corrected chi connectivity index (χ0v) is 20.0. The zero-order valence-electron chi connectivity index (χ0n) is 16.0. The molecule has 1 aromatic carbocycles. The number of thiophene rings is 1. The van der Waals surface area contributed by atoms with E-state index in [2.05, 4.69) is 20.8 Å². The number of thiazole rings is 1. The zero-order chi connectivity index (χ0) is 20.4. The average Bonchev–Trinajstić information content (AvgIpc) is 3.32. The third-order valence-electron chi connectivity index (χ3n) is 4.86. The molecule has 29 heavy (non-hydrogen) atoms. The van der Waals surface area contributed by atoms with E-state index in [0.717, 1.165) is 64.0 Å². The van der Waals surface area contributed by atoms with Crippen LogP contribution < -0.4 is 4.90 Å². The lowest BCUT2D eigenvalue weighted by Crippen LogP contribution is -2.39. The van der Waals surface area contributed by atoms with Crippen LogP contribution in [0.15, 0.2) is 28.1 Å². The van der Waals surface area contributed by atoms with Crippen molar-refractivity contribution in [2.24, 2.45) is 0 Å². The maximum Gasteiger partial charge on any atom is 0.270 e. The van der Waals surface area contributed by atoms with Crippen LogP contribution in [0.2, 0.25) is 5.02 Å². The second kappa shape index (κ2) is 9.41. The Kier molecular flexibility index (Phi) is 6.88. The normalized spacial score (nSPS) is 15.1. The van der Waals surface area contributed by atoms with Crippen LogP contribution in [0.1, 0.15) is 21.7 Å². The lowest BCUT2D eigenvalue weighted by Gasteiger charge is -2.27. The smallest absolute Gasteiger partial charge is 0.270 e. The molecule has 3 heterocycles. The Morgan fingerprint density at radius 3 is 2.83 bits per heavy atom. The molecule has 1 amide bonds. The number of morpholine rings is 1. The Morgan fingerprint density at radius 1 is 1.31 bits per heavy atom. The number of amides is 1. The summed E-state index contributed by atoms with van der Waals surface area (Å²) in [5.41, 5.74) is 1.93. The summed E-state index contributed by atoms with van der Waals surface area (Å²) in [6.07, 6.45) is 0.883. The maximum absolute atomic E-state index is 13.3. The number of carbonyl (C=O) groups is 1. The quantitative estimate of drug-likeness (QED) is 0.439. The molecule has 0 aliphatic carbocycles. The summed E-state index contributed by atoms with van der Waals surface area (Å²) in [7, 11) is 0. The van der Waals surface area contributed by atoms with E-state index in [1.54, 1.807) is 0 Å². The van der Waals surface area contributed by atoms with Crippen molar-refractivity contribution in [3.63, 3.8) is 0 Å². The summed E-state index contributed by atoms with van der Waals surface area (Å²) < 4.78 is 7.37. The fourth-order valence-electron chi connectivity index (χ4n) is 3.38. The Hall–Kier alpha value is -1.03. The van der Waals surface area contributed by atoms with Gasteiger partial charge in [0.2, 0.25) is 0 Å². The summed E-state index contributed by atoms with van der Waals surface area (Å²) in [5.74, 6) is -0.00881. The fourth-order valence-corrected chi connectivity index (χ4v) is 6.16. The first-order valence-corrected chi connectivity index (χ1v) is 12.3. The van der Waals surface area contributed by atoms with E-state index in [4.69, 9.17) is 21.3 Å². The van der Waals surface area contributed by atoms with Crippen molar-refractivity contribution in [2.75, 3.05) is 44.3 Å². The van der Waals surface area contributed by atoms with Crippen molar-refractivity contribution >= 4 is 71.5 Å². The molecule has 0 bridgehead atoms. The van der Waals surface area contributed by atoms with Gasteiger partial charge >= 0.3 is 0 Å². The largest absolute Gasteiger partial charge is 0.379 e. The monoisotopic (exact) mass is 513 g/mol. The van der Waals surface area contributed by atoms with Crippen LogP contribution in [0.25, 0.3) is 10.2 Å². The number of fused-ring (bicyclic) bond motifs is 1. The highest BCUT2D eigenvalue weighted by molar-refractivity contribution is 9.11. The first-order valence-electron chi connectivity index (χ1n) is 9.45. The van der Waals surface area contributed by atoms with Gasteiger partial charge in [0.25, 0.3) is 5.91 Å². The van der Waals surface area contributed by atoms with Gasteiger partial charge in [-0.05, 0) is 59.1 Å². The van der Waals surface area contributed by atoms with Crippen molar-refractivity contribution in [1.29, 1.82) is 0 Å². The van der Waals surface area contributed by atoms with Crippen molar-refractivity contribution in [2.45, 2.75) is 13.3 Å². The molecule has 0 radical (unpaired) electrons. The number of hydrogen-bond acceptors (Lipinski definition) is 6. The van der Waals surface area contributed by atoms with Gasteiger partial charge in [0, 0.05) is 31.2 Å². The highest BCUT2D eigenvalue weighted by atomic mass is 79.9. The van der Waals surface area contributed by atoms with Gasteiger partial charge in [-0.25, -0.2) is 4.98 Å². The van der Waals surface area contributed by atoms with Gasteiger partial charge in [0.05, 0.1) is 32.1 Å². The van der Waals surface area contributed by atoms with Crippen molar-refractivity contribution in [1.82, 2.24) is 9.88 Å². The molecule has 4 rings (SSSR count). The SMILES string of the molecule is Cc1cc(Cl)cc2sc(N(CCCN3CCOCC3)C(=O)c3ccc(Br)s3)nc12. The minimum Gasteiger partial charge on any atom is -0.379 e. The number of halogens is 2. The number of rotatable bonds is 6. The minimum atomic E-state index is -0.00881. The van der Waals surface area contributed by atoms with Crippen LogP contribution in [-0.2, 0) is 4.74 Å². The van der Waals surface area contributed by atoms with Gasteiger partial charge in [-0.2, -0.15) is 0 Å². The predicted molar refractivity (Wildman–Crippen MR) is 125 cm³/mol. The van der Waals surface area contributed by atoms with Gasteiger partial charge in [0.1, 0.15) is 0 Å². The number of ether oxygens (including phenoxy) is 1. The van der Waals surface area contributed by atoms with Crippen LogP contribution in [-0.4, -0.2) is 55.2 Å². The lowest BCUT2D eigenvalue weighted by molar-refractivity contribution is 0.0376. The molecule has 0 unspecified atom stereocenters. The van der Waals surface area contributed by atoms with Crippen molar-refractivity contribution in [3.05, 3.63) is 43.5 Å². The van der Waals surface area contributed by atoms with Crippen LogP contribution in [0.3, 0.4) is 0 Å². The highest BCUT2D eigenvalue weighted by Gasteiger charge is 2.23. The van der Waals surface area contributed by atoms with Crippen LogP contribution >= 0.6 is 50.2 Å². The van der Waals surface area contributed by atoms with E-state index in [-0.39, 0.29) is 5.91 Å². The second-order valence-electron chi connectivity index (χ2n) is 6.93. The van der Waals surface area contributed by atoms with E-state index in [0.29, 0.717) is 16.4 Å². The summed E-state index contributed by atoms with van der Waals surface area (Å²) in [6, 6.07) is 7.60. The van der Waals surface area contributed by atoms with Crippen molar-refractivity contribution < 1.29 is 9.53 Å². The van der Waals surface area contributed by atoms with E-state index >= 15 is 0 Å². The van der Waals surface area contributed by atoms with Crippen LogP contribution in [0.4, 0.5) is 5.13 Å². The fraction of sp³-hybridized carbons (Fsp3) is 0.400. The molecule has 1 fully saturated rings. The van der Waals surface area contributed by atoms with E-state index in [1.807, 2.05) is 36.1 Å². The Morgan fingerprint density at radius 2 is 2.10 bits per heavy atom. The molecule has 5 nitrogen and oxygen atoms in total. The van der Waals surface area contributed by atoms with Gasteiger partial charge in [-0.15, -0.1) is 11.3 Å². The molecule has 2 aromatic heterocycles. The lowest BCUT2D eigenvalue weighted by atomic mass is 10.2.